The van der Waals surface area contributed by atoms with Gasteiger partial charge in [0.25, 0.3) is 0 Å². The highest BCUT2D eigenvalue weighted by molar-refractivity contribution is 5.88. The van der Waals surface area contributed by atoms with E-state index in [-0.39, 0.29) is 5.56 Å². The van der Waals surface area contributed by atoms with E-state index >= 15 is 0 Å². The molecule has 696 valence electrons. The molecule has 10 nitrogen and oxygen atoms in total. The van der Waals surface area contributed by atoms with Crippen LogP contribution < -0.4 is 37.9 Å². The molecular weight excluding hydrogens is 1540 g/mol. The Morgan fingerprint density at radius 2 is 0.328 bits per heavy atom. The topological polar surface area (TPSA) is 111 Å². The molecule has 0 unspecified atom stereocenters. The molecule has 0 spiro atoms. The van der Waals surface area contributed by atoms with Crippen molar-refractivity contribution in [1.82, 2.24) is 0 Å². The summed E-state index contributed by atoms with van der Waals surface area (Å²) in [5.41, 5.74) is 6.67. The first kappa shape index (κ1) is 106. The zero-order valence-electron chi connectivity index (χ0n) is 79.8. The lowest BCUT2D eigenvalue weighted by Gasteiger charge is -2.12. The molecule has 6 aromatic rings. The molecule has 0 bridgehead atoms. The van der Waals surface area contributed by atoms with E-state index in [1.807, 2.05) is 24.3 Å². The second-order valence-electron chi connectivity index (χ2n) is 35.9. The number of ether oxygens (including phenoxy) is 8. The first-order chi connectivity index (χ1) is 61.8. The van der Waals surface area contributed by atoms with Crippen LogP contribution in [-0.2, 0) is 0 Å². The third-order valence-corrected chi connectivity index (χ3v) is 24.2. The molecule has 125 heavy (non-hydrogen) atoms. The van der Waals surface area contributed by atoms with Crippen LogP contribution in [0.4, 0.5) is 0 Å². The van der Waals surface area contributed by atoms with Gasteiger partial charge in [-0.25, -0.2) is 4.79 Å². The predicted octanol–water partition coefficient (Wildman–Crippen LogP) is 35.8. The number of carbonyl (C=O) groups is 1. The number of rotatable bonds is 85. The van der Waals surface area contributed by atoms with Gasteiger partial charge in [0.2, 0.25) is 0 Å². The summed E-state index contributed by atoms with van der Waals surface area (Å²) in [6.07, 6.45) is 89.4. The van der Waals surface area contributed by atoms with Crippen molar-refractivity contribution in [3.63, 3.8) is 0 Å². The average Bonchev–Trinajstić information content (AvgIpc) is 0.867. The minimum absolute atomic E-state index is 0.279. The predicted molar refractivity (Wildman–Crippen MR) is 536 cm³/mol. The Bertz CT molecular complexity index is 3320. The van der Waals surface area contributed by atoms with Gasteiger partial charge in [-0.2, -0.15) is 0 Å². The standard InChI is InChI=1S/C115H176O10/c1-5-9-13-17-21-25-33-43-51-59-85-122-111-93-104(94-112(98-111)123-86-60-52-44-34-26-22-18-14-10-6-2)69-66-101-73-79-107(80-74-101)118-83-57-49-41-37-29-31-39-47-55-63-89-120-109-91-103(68-65-100-71-77-106(78-72-100)115(116)117)92-110(97-109)121-90-64-56-48-40-32-30-38-42-50-58-84-119-108-81-75-102(76-82-108)67-70-105-95-113(124-87-61-53-45-35-27-23-19-15-11-7-3)99-114(96-105)125-88-62-54-46-36-28-24-20-16-12-8-4/h65-82,91-99H,5-64,83-90H2,1-4H3,(H,116,117)/b68-65+,69-66+,70-67+. The van der Waals surface area contributed by atoms with Gasteiger partial charge in [0.1, 0.15) is 46.0 Å². The number of carboxylic acids is 1. The van der Waals surface area contributed by atoms with E-state index < -0.39 is 5.97 Å². The molecule has 6 rings (SSSR count). The lowest BCUT2D eigenvalue weighted by molar-refractivity contribution is 0.0696. The van der Waals surface area contributed by atoms with Crippen molar-refractivity contribution >= 4 is 42.4 Å². The van der Waals surface area contributed by atoms with Gasteiger partial charge in [-0.15, -0.1) is 0 Å². The van der Waals surface area contributed by atoms with Crippen molar-refractivity contribution in [2.75, 3.05) is 52.9 Å². The van der Waals surface area contributed by atoms with Crippen molar-refractivity contribution in [2.45, 2.75) is 413 Å². The second-order valence-corrected chi connectivity index (χ2v) is 35.9. The van der Waals surface area contributed by atoms with E-state index in [1.165, 1.54) is 321 Å². The fraction of sp³-hybridized carbons (Fsp3) is 0.626. The number of carboxylic acid groups (broad SMARTS) is 1. The first-order valence-corrected chi connectivity index (χ1v) is 51.8. The normalized spacial score (nSPS) is 11.6. The van der Waals surface area contributed by atoms with E-state index in [1.54, 1.807) is 12.1 Å². The molecular formula is C115H176O10. The number of benzene rings is 6. The van der Waals surface area contributed by atoms with Crippen molar-refractivity contribution in [2.24, 2.45) is 0 Å². The van der Waals surface area contributed by atoms with Gasteiger partial charge in [-0.1, -0.05) is 434 Å². The minimum Gasteiger partial charge on any atom is -0.494 e. The van der Waals surface area contributed by atoms with Gasteiger partial charge in [0.05, 0.1) is 58.4 Å². The van der Waals surface area contributed by atoms with Gasteiger partial charge < -0.3 is 43.0 Å². The molecule has 6 aromatic carbocycles. The number of hydrogen-bond donors (Lipinski definition) is 1. The monoisotopic (exact) mass is 1720 g/mol. The van der Waals surface area contributed by atoms with Crippen LogP contribution >= 0.6 is 0 Å². The first-order valence-electron chi connectivity index (χ1n) is 51.8. The minimum atomic E-state index is -0.924. The van der Waals surface area contributed by atoms with E-state index in [4.69, 9.17) is 37.9 Å². The molecule has 0 fully saturated rings. The zero-order valence-corrected chi connectivity index (χ0v) is 79.8. The molecule has 0 aliphatic heterocycles. The SMILES string of the molecule is CCCCCCCCCCCCOc1cc(/C=C/c2ccc(OCCCCCCCCCCCCOc3cc(/C=C/c4ccc(C(=O)O)cc4)cc(OCCCCCCCCCCCCOc4ccc(/C=C/c5cc(OCCCCCCCCCCCC)cc(OCCCCCCCCCCCC)c5)cc4)c3)cc2)cc(OCCCCCCCCCCCC)c1. The molecule has 0 heterocycles. The van der Waals surface area contributed by atoms with E-state index in [0.717, 1.165) is 183 Å². The van der Waals surface area contributed by atoms with Crippen molar-refractivity contribution in [1.29, 1.82) is 0 Å². The summed E-state index contributed by atoms with van der Waals surface area (Å²) < 4.78 is 50.6. The van der Waals surface area contributed by atoms with Crippen LogP contribution in [0.3, 0.4) is 0 Å². The van der Waals surface area contributed by atoms with Gasteiger partial charge in [-0.05, 0) is 158 Å². The summed E-state index contributed by atoms with van der Waals surface area (Å²) >= 11 is 0. The molecule has 0 aliphatic carbocycles. The molecule has 1 N–H and O–H groups in total. The maximum absolute atomic E-state index is 11.5. The summed E-state index contributed by atoms with van der Waals surface area (Å²) in [7, 11) is 0. The third kappa shape index (κ3) is 57.1. The maximum Gasteiger partial charge on any atom is 0.335 e. The molecule has 0 saturated carbocycles. The van der Waals surface area contributed by atoms with Gasteiger partial charge in [0, 0.05) is 18.2 Å². The van der Waals surface area contributed by atoms with Crippen LogP contribution in [0.1, 0.15) is 457 Å². The van der Waals surface area contributed by atoms with Crippen LogP contribution in [-0.4, -0.2) is 63.9 Å². The molecule has 0 aromatic heterocycles. The van der Waals surface area contributed by atoms with Crippen LogP contribution in [0.5, 0.6) is 46.0 Å². The lowest BCUT2D eigenvalue weighted by Crippen LogP contribution is -2.01. The van der Waals surface area contributed by atoms with Gasteiger partial charge in [0.15, 0.2) is 0 Å². The zero-order chi connectivity index (χ0) is 88.1. The Kier molecular flexibility index (Phi) is 64.0. The Morgan fingerprint density at radius 3 is 0.496 bits per heavy atom. The Hall–Kier alpha value is -7.59. The van der Waals surface area contributed by atoms with Crippen LogP contribution in [0.2, 0.25) is 0 Å². The number of hydrogen-bond acceptors (Lipinski definition) is 9. The molecule has 0 aliphatic rings. The Morgan fingerprint density at radius 1 is 0.184 bits per heavy atom. The van der Waals surface area contributed by atoms with Crippen molar-refractivity contribution in [3.8, 4) is 46.0 Å². The average molecular weight is 1720 g/mol. The molecule has 10 heteroatoms. The Labute approximate surface area is 763 Å². The number of unbranched alkanes of at least 4 members (excludes halogenated alkanes) is 54. The smallest absolute Gasteiger partial charge is 0.335 e. The Balaban J connectivity index is 0.798. The van der Waals surface area contributed by atoms with Crippen LogP contribution in [0, 0.1) is 0 Å². The summed E-state index contributed by atoms with van der Waals surface area (Å²) in [5.74, 6) is 6.14. The van der Waals surface area contributed by atoms with E-state index in [0.29, 0.717) is 13.2 Å². The van der Waals surface area contributed by atoms with Gasteiger partial charge >= 0.3 is 5.97 Å². The van der Waals surface area contributed by atoms with Crippen LogP contribution in [0.25, 0.3) is 36.5 Å². The van der Waals surface area contributed by atoms with E-state index in [9.17, 15) is 9.90 Å². The lowest BCUT2D eigenvalue weighted by atomic mass is 10.1. The summed E-state index contributed by atoms with van der Waals surface area (Å²) in [6, 6.07) is 42.9. The summed E-state index contributed by atoms with van der Waals surface area (Å²) in [5, 5.41) is 9.43. The van der Waals surface area contributed by atoms with Crippen molar-refractivity contribution < 1.29 is 47.8 Å². The van der Waals surface area contributed by atoms with Crippen LogP contribution in [0.15, 0.2) is 127 Å². The third-order valence-electron chi connectivity index (χ3n) is 24.2. The fourth-order valence-electron chi connectivity index (χ4n) is 16.3. The maximum atomic E-state index is 11.5. The van der Waals surface area contributed by atoms with Gasteiger partial charge in [-0.3, -0.25) is 0 Å². The van der Waals surface area contributed by atoms with Crippen molar-refractivity contribution in [3.05, 3.63) is 166 Å². The quantitative estimate of drug-likeness (QED) is 0.0293. The van der Waals surface area contributed by atoms with E-state index in [2.05, 4.69) is 155 Å². The summed E-state index contributed by atoms with van der Waals surface area (Å²) in [4.78, 5) is 11.5. The summed E-state index contributed by atoms with van der Waals surface area (Å²) in [6.45, 7) is 15.0. The molecule has 0 amide bonds. The number of aromatic carboxylic acids is 1. The largest absolute Gasteiger partial charge is 0.494 e. The highest BCUT2D eigenvalue weighted by atomic mass is 16.5. The highest BCUT2D eigenvalue weighted by Gasteiger charge is 2.11. The second kappa shape index (κ2) is 75.4. The fourth-order valence-corrected chi connectivity index (χ4v) is 16.3. The molecule has 0 radical (unpaired) electrons. The highest BCUT2D eigenvalue weighted by Crippen LogP contribution is 2.31. The molecule has 0 atom stereocenters. The molecule has 0 saturated heterocycles.